The van der Waals surface area contributed by atoms with E-state index >= 15 is 0 Å². The van der Waals surface area contributed by atoms with Gasteiger partial charge in [-0.05, 0) is 65.9 Å². The van der Waals surface area contributed by atoms with E-state index < -0.39 is 11.4 Å². The van der Waals surface area contributed by atoms with Crippen molar-refractivity contribution in [1.29, 1.82) is 0 Å². The molecule has 24 heavy (non-hydrogen) atoms. The van der Waals surface area contributed by atoms with Crippen LogP contribution in [0.25, 0.3) is 0 Å². The van der Waals surface area contributed by atoms with Crippen molar-refractivity contribution < 1.29 is 4.55 Å². The lowest BCUT2D eigenvalue weighted by Crippen LogP contribution is -2.42. The molecule has 0 aromatic heterocycles. The van der Waals surface area contributed by atoms with Crippen molar-refractivity contribution in [3.05, 3.63) is 28.2 Å². The van der Waals surface area contributed by atoms with Crippen LogP contribution < -0.4 is 4.90 Å². The molecule has 0 N–H and O–H groups in total. The minimum Gasteiger partial charge on any atom is -0.591 e. The van der Waals surface area contributed by atoms with Gasteiger partial charge in [-0.3, -0.25) is 0 Å². The first-order chi connectivity index (χ1) is 11.2. The van der Waals surface area contributed by atoms with Crippen molar-refractivity contribution in [3.8, 4) is 0 Å². The molecule has 1 aromatic rings. The smallest absolute Gasteiger partial charge is 0.144 e. The molecule has 1 aliphatic rings. The van der Waals surface area contributed by atoms with E-state index in [1.165, 1.54) is 18.5 Å². The number of hydrogen-bond acceptors (Lipinski definition) is 4. The number of benzene rings is 1. The molecule has 0 aliphatic carbocycles. The second kappa shape index (κ2) is 8.21. The minimum absolute atomic E-state index is 0.336. The molecule has 0 bridgehead atoms. The summed E-state index contributed by atoms with van der Waals surface area (Å²) in [5, 5.41) is 0. The maximum atomic E-state index is 12.0. The van der Waals surface area contributed by atoms with Gasteiger partial charge in [0, 0.05) is 28.8 Å². The van der Waals surface area contributed by atoms with Crippen LogP contribution in [0.1, 0.15) is 39.2 Å². The molecular weight excluding hydrogens is 386 g/mol. The molecule has 0 radical (unpaired) electrons. The number of halogens is 1. The molecule has 1 saturated heterocycles. The maximum Gasteiger partial charge on any atom is 0.144 e. The summed E-state index contributed by atoms with van der Waals surface area (Å²) in [7, 11) is 4.35. The van der Waals surface area contributed by atoms with Crippen LogP contribution >= 0.6 is 15.9 Å². The maximum absolute atomic E-state index is 12.0. The molecule has 0 amide bonds. The first-order valence-electron chi connectivity index (χ1n) is 8.35. The Morgan fingerprint density at radius 2 is 1.96 bits per heavy atom. The van der Waals surface area contributed by atoms with Crippen molar-refractivity contribution in [3.63, 3.8) is 0 Å². The summed E-state index contributed by atoms with van der Waals surface area (Å²) in [4.78, 5) is 4.75. The van der Waals surface area contributed by atoms with Gasteiger partial charge in [0.25, 0.3) is 0 Å². The highest BCUT2D eigenvalue weighted by Gasteiger charge is 2.26. The summed E-state index contributed by atoms with van der Waals surface area (Å²) >= 11 is 2.39. The van der Waals surface area contributed by atoms with E-state index in [9.17, 15) is 4.55 Å². The second-order valence-electron chi connectivity index (χ2n) is 7.45. The zero-order valence-electron chi connectivity index (χ0n) is 15.3. The van der Waals surface area contributed by atoms with Crippen LogP contribution in [0.15, 0.2) is 27.1 Å². The Labute approximate surface area is 157 Å². The highest BCUT2D eigenvalue weighted by atomic mass is 79.9. The lowest BCUT2D eigenvalue weighted by Gasteiger charge is -2.36. The molecule has 1 atom stereocenters. The zero-order chi connectivity index (χ0) is 17.9. The van der Waals surface area contributed by atoms with Crippen LogP contribution in [-0.2, 0) is 11.4 Å². The molecule has 134 valence electrons. The highest BCUT2D eigenvalue weighted by Crippen LogP contribution is 2.27. The predicted molar refractivity (Wildman–Crippen MR) is 109 cm³/mol. The third-order valence-corrected chi connectivity index (χ3v) is 6.47. The van der Waals surface area contributed by atoms with Crippen molar-refractivity contribution >= 4 is 39.2 Å². The fourth-order valence-corrected chi connectivity index (χ4v) is 3.69. The van der Waals surface area contributed by atoms with E-state index in [2.05, 4.69) is 56.4 Å². The lowest BCUT2D eigenvalue weighted by atomic mass is 10.0. The van der Waals surface area contributed by atoms with E-state index in [1.807, 2.05) is 26.8 Å². The van der Waals surface area contributed by atoms with Gasteiger partial charge in [0.15, 0.2) is 0 Å². The Bertz CT molecular complexity index is 580. The van der Waals surface area contributed by atoms with Gasteiger partial charge in [-0.15, -0.1) is 0 Å². The van der Waals surface area contributed by atoms with E-state index in [4.69, 9.17) is 0 Å². The SMILES string of the molecule is CN1CCC(N(C)c2ccc(C=N[S@+]([O-])C(C)(C)C)c(Br)c2)CC1. The molecule has 1 aromatic carbocycles. The number of anilines is 1. The van der Waals surface area contributed by atoms with Gasteiger partial charge >= 0.3 is 0 Å². The van der Waals surface area contributed by atoms with Gasteiger partial charge in [-0.2, -0.15) is 0 Å². The van der Waals surface area contributed by atoms with Crippen molar-refractivity contribution in [2.24, 2.45) is 4.40 Å². The Morgan fingerprint density at radius 1 is 1.33 bits per heavy atom. The Balaban J connectivity index is 2.08. The standard InChI is InChI=1S/C18H28BrN3OS/c1-18(2,3)24(23)20-13-14-6-7-16(12-17(14)19)22(5)15-8-10-21(4)11-9-15/h6-7,12-13,15H,8-11H2,1-5H3/t24-/m1/s1. The lowest BCUT2D eigenvalue weighted by molar-refractivity contribution is 0.253. The van der Waals surface area contributed by atoms with Gasteiger partial charge < -0.3 is 14.4 Å². The second-order valence-corrected chi connectivity index (χ2v) is 10.2. The first kappa shape index (κ1) is 19.8. The third-order valence-electron chi connectivity index (χ3n) is 4.44. The van der Waals surface area contributed by atoms with Crippen molar-refractivity contribution in [2.45, 2.75) is 44.4 Å². The summed E-state index contributed by atoms with van der Waals surface area (Å²) in [6.07, 6.45) is 4.08. The number of hydrogen-bond donors (Lipinski definition) is 0. The fourth-order valence-electron chi connectivity index (χ4n) is 2.70. The Morgan fingerprint density at radius 3 is 2.50 bits per heavy atom. The molecule has 0 unspecified atom stereocenters. The third kappa shape index (κ3) is 5.22. The molecule has 1 fully saturated rings. The van der Waals surface area contributed by atoms with Gasteiger partial charge in [0.1, 0.15) is 16.1 Å². The van der Waals surface area contributed by atoms with Gasteiger partial charge in [0.2, 0.25) is 0 Å². The largest absolute Gasteiger partial charge is 0.591 e. The van der Waals surface area contributed by atoms with Crippen LogP contribution in [0, 0.1) is 0 Å². The molecular formula is C18H28BrN3OS. The quantitative estimate of drug-likeness (QED) is 0.555. The summed E-state index contributed by atoms with van der Waals surface area (Å²) in [5.41, 5.74) is 2.15. The molecule has 6 heteroatoms. The average Bonchev–Trinajstić information content (AvgIpc) is 2.52. The number of likely N-dealkylation sites (tertiary alicyclic amines) is 1. The summed E-state index contributed by atoms with van der Waals surface area (Å²) in [6, 6.07) is 6.86. The molecule has 0 saturated carbocycles. The van der Waals surface area contributed by atoms with Gasteiger partial charge in [0.05, 0.1) is 6.21 Å². The van der Waals surface area contributed by atoms with Gasteiger partial charge in [-0.25, -0.2) is 0 Å². The van der Waals surface area contributed by atoms with Crippen LogP contribution in [-0.4, -0.2) is 53.6 Å². The normalized spacial score (nSPS) is 19.0. The number of nitrogens with zero attached hydrogens (tertiary/aromatic N) is 3. The van der Waals surface area contributed by atoms with Crippen LogP contribution in [0.2, 0.25) is 0 Å². The molecule has 4 nitrogen and oxygen atoms in total. The van der Waals surface area contributed by atoms with Crippen LogP contribution in [0.3, 0.4) is 0 Å². The molecule has 0 spiro atoms. The summed E-state index contributed by atoms with van der Waals surface area (Å²) in [6.45, 7) is 8.08. The number of rotatable bonds is 4. The Hall–Kier alpha value is -0.560. The van der Waals surface area contributed by atoms with E-state index in [-0.39, 0.29) is 4.75 Å². The van der Waals surface area contributed by atoms with Crippen molar-refractivity contribution in [2.75, 3.05) is 32.1 Å². The number of piperidine rings is 1. The van der Waals surface area contributed by atoms with E-state index in [0.29, 0.717) is 6.04 Å². The fraction of sp³-hybridized carbons (Fsp3) is 0.611. The van der Waals surface area contributed by atoms with Crippen LogP contribution in [0.5, 0.6) is 0 Å². The predicted octanol–water partition coefficient (Wildman–Crippen LogP) is 3.86. The Kier molecular flexibility index (Phi) is 6.76. The topological polar surface area (TPSA) is 41.9 Å². The van der Waals surface area contributed by atoms with E-state index in [0.717, 1.165) is 23.1 Å². The van der Waals surface area contributed by atoms with Crippen molar-refractivity contribution in [1.82, 2.24) is 4.90 Å². The van der Waals surface area contributed by atoms with Crippen LogP contribution in [0.4, 0.5) is 5.69 Å². The average molecular weight is 414 g/mol. The molecule has 1 aliphatic heterocycles. The zero-order valence-corrected chi connectivity index (χ0v) is 17.7. The monoisotopic (exact) mass is 413 g/mol. The van der Waals surface area contributed by atoms with E-state index in [1.54, 1.807) is 6.21 Å². The first-order valence-corrected chi connectivity index (χ1v) is 10.3. The molecule has 2 rings (SSSR count). The highest BCUT2D eigenvalue weighted by molar-refractivity contribution is 9.10. The molecule has 1 heterocycles. The summed E-state index contributed by atoms with van der Waals surface area (Å²) < 4.78 is 16.9. The summed E-state index contributed by atoms with van der Waals surface area (Å²) in [5.74, 6) is 0. The van der Waals surface area contributed by atoms with Gasteiger partial charge in [-0.1, -0.05) is 26.4 Å². The minimum atomic E-state index is -1.23.